The highest BCUT2D eigenvalue weighted by molar-refractivity contribution is 6.36. The van der Waals surface area contributed by atoms with Crippen molar-refractivity contribution in [1.29, 1.82) is 5.41 Å². The van der Waals surface area contributed by atoms with E-state index in [-0.39, 0.29) is 0 Å². The predicted molar refractivity (Wildman–Crippen MR) is 78.5 cm³/mol. The van der Waals surface area contributed by atoms with Crippen molar-refractivity contribution in [3.05, 3.63) is 58.5 Å². The number of fused-ring (bicyclic) bond motifs is 1. The highest BCUT2D eigenvalue weighted by Crippen LogP contribution is 2.32. The van der Waals surface area contributed by atoms with E-state index in [0.717, 1.165) is 22.3 Å². The molecule has 94 valence electrons. The summed E-state index contributed by atoms with van der Waals surface area (Å²) >= 11 is 12.1. The Morgan fingerprint density at radius 3 is 2.74 bits per heavy atom. The number of nitrogens with zero attached hydrogens (tertiary/aromatic N) is 2. The molecule has 5 heteroatoms. The van der Waals surface area contributed by atoms with Gasteiger partial charge in [-0.05, 0) is 18.2 Å². The van der Waals surface area contributed by atoms with E-state index in [1.165, 1.54) is 6.21 Å². The van der Waals surface area contributed by atoms with E-state index in [0.29, 0.717) is 10.0 Å². The van der Waals surface area contributed by atoms with Crippen molar-refractivity contribution in [3.63, 3.8) is 0 Å². The molecule has 3 aromatic rings. The fourth-order valence-electron chi connectivity index (χ4n) is 2.03. The van der Waals surface area contributed by atoms with E-state index in [9.17, 15) is 0 Å². The van der Waals surface area contributed by atoms with E-state index in [1.54, 1.807) is 18.3 Å². The maximum Gasteiger partial charge on any atom is 0.137 e. The summed E-state index contributed by atoms with van der Waals surface area (Å²) in [6.07, 6.45) is 6.79. The Kier molecular flexibility index (Phi) is 3.01. The van der Waals surface area contributed by atoms with Crippen LogP contribution in [-0.4, -0.2) is 15.6 Å². The van der Waals surface area contributed by atoms with Gasteiger partial charge in [0.05, 0.1) is 0 Å². The summed E-state index contributed by atoms with van der Waals surface area (Å²) in [5.74, 6) is 0. The standard InChI is InChI=1S/C14H9Cl2N3/c15-10-1-2-11(13(16)6-10)12-8-19-4-3-18-14(19)5-9(12)7-17/h1-8,17H. The summed E-state index contributed by atoms with van der Waals surface area (Å²) in [5, 5.41) is 8.70. The first-order valence-electron chi connectivity index (χ1n) is 5.61. The molecule has 0 atom stereocenters. The Labute approximate surface area is 119 Å². The molecule has 3 nitrogen and oxygen atoms in total. The second-order valence-corrected chi connectivity index (χ2v) is 4.95. The van der Waals surface area contributed by atoms with Crippen molar-refractivity contribution < 1.29 is 0 Å². The van der Waals surface area contributed by atoms with Gasteiger partial charge in [0.2, 0.25) is 0 Å². The molecule has 1 N–H and O–H groups in total. The van der Waals surface area contributed by atoms with E-state index in [4.69, 9.17) is 28.6 Å². The lowest BCUT2D eigenvalue weighted by Crippen LogP contribution is -1.94. The molecule has 1 aromatic carbocycles. The molecule has 0 spiro atoms. The lowest BCUT2D eigenvalue weighted by atomic mass is 10.0. The third-order valence-electron chi connectivity index (χ3n) is 2.94. The normalized spacial score (nSPS) is 10.8. The molecule has 0 aliphatic carbocycles. The minimum Gasteiger partial charge on any atom is -0.308 e. The van der Waals surface area contributed by atoms with Crippen molar-refractivity contribution in [2.24, 2.45) is 0 Å². The first kappa shape index (κ1) is 12.2. The predicted octanol–water partition coefficient (Wildman–Crippen LogP) is 4.31. The first-order chi connectivity index (χ1) is 9.19. The maximum absolute atomic E-state index is 7.54. The van der Waals surface area contributed by atoms with Gasteiger partial charge < -0.3 is 9.81 Å². The Bertz CT molecular complexity index is 777. The fourth-order valence-corrected chi connectivity index (χ4v) is 2.54. The van der Waals surface area contributed by atoms with E-state index < -0.39 is 0 Å². The summed E-state index contributed by atoms with van der Waals surface area (Å²) in [5.41, 5.74) is 3.29. The van der Waals surface area contributed by atoms with Crippen LogP contribution in [0.4, 0.5) is 0 Å². The highest BCUT2D eigenvalue weighted by Gasteiger charge is 2.10. The lowest BCUT2D eigenvalue weighted by Gasteiger charge is -2.09. The summed E-state index contributed by atoms with van der Waals surface area (Å²) in [6, 6.07) is 7.20. The van der Waals surface area contributed by atoms with Gasteiger partial charge >= 0.3 is 0 Å². The molecular formula is C14H9Cl2N3. The summed E-state index contributed by atoms with van der Waals surface area (Å²) < 4.78 is 1.90. The van der Waals surface area contributed by atoms with Gasteiger partial charge in [0.1, 0.15) is 5.65 Å². The Morgan fingerprint density at radius 1 is 1.16 bits per heavy atom. The monoisotopic (exact) mass is 289 g/mol. The quantitative estimate of drug-likeness (QED) is 0.702. The van der Waals surface area contributed by atoms with Gasteiger partial charge in [0.15, 0.2) is 0 Å². The number of hydrogen-bond acceptors (Lipinski definition) is 2. The Balaban J connectivity index is 2.30. The molecule has 0 saturated heterocycles. The van der Waals surface area contributed by atoms with E-state index in [1.807, 2.05) is 28.9 Å². The van der Waals surface area contributed by atoms with Crippen LogP contribution in [0.1, 0.15) is 5.56 Å². The van der Waals surface area contributed by atoms with Crippen LogP contribution in [0.15, 0.2) is 42.9 Å². The van der Waals surface area contributed by atoms with Crippen LogP contribution < -0.4 is 0 Å². The number of halogens is 2. The topological polar surface area (TPSA) is 41.2 Å². The molecular weight excluding hydrogens is 281 g/mol. The molecule has 0 aliphatic rings. The SMILES string of the molecule is N=Cc1cc2nccn2cc1-c1ccc(Cl)cc1Cl. The number of benzene rings is 1. The largest absolute Gasteiger partial charge is 0.308 e. The zero-order valence-corrected chi connectivity index (χ0v) is 11.3. The third kappa shape index (κ3) is 2.11. The van der Waals surface area contributed by atoms with Crippen LogP contribution in [-0.2, 0) is 0 Å². The number of pyridine rings is 1. The molecule has 0 amide bonds. The fraction of sp³-hybridized carbons (Fsp3) is 0. The minimum atomic E-state index is 0.565. The van der Waals surface area contributed by atoms with E-state index >= 15 is 0 Å². The zero-order valence-electron chi connectivity index (χ0n) is 9.77. The molecule has 2 aromatic heterocycles. The van der Waals surface area contributed by atoms with Crippen LogP contribution in [0.3, 0.4) is 0 Å². The van der Waals surface area contributed by atoms with Gasteiger partial charge in [-0.1, -0.05) is 29.3 Å². The smallest absolute Gasteiger partial charge is 0.137 e. The lowest BCUT2D eigenvalue weighted by molar-refractivity contribution is 1.18. The van der Waals surface area contributed by atoms with Gasteiger partial charge in [-0.15, -0.1) is 0 Å². The maximum atomic E-state index is 7.54. The zero-order chi connectivity index (χ0) is 13.4. The van der Waals surface area contributed by atoms with E-state index in [2.05, 4.69) is 4.98 Å². The van der Waals surface area contributed by atoms with Crippen LogP contribution in [0.2, 0.25) is 10.0 Å². The molecule has 0 fully saturated rings. The second kappa shape index (κ2) is 4.68. The van der Waals surface area contributed by atoms with Gasteiger partial charge in [-0.2, -0.15) is 0 Å². The number of rotatable bonds is 2. The summed E-state index contributed by atoms with van der Waals surface area (Å²) in [4.78, 5) is 4.20. The van der Waals surface area contributed by atoms with Crippen LogP contribution in [0.5, 0.6) is 0 Å². The van der Waals surface area contributed by atoms with Crippen LogP contribution >= 0.6 is 23.2 Å². The van der Waals surface area contributed by atoms with Crippen molar-refractivity contribution in [1.82, 2.24) is 9.38 Å². The average molecular weight is 290 g/mol. The van der Waals surface area contributed by atoms with Gasteiger partial charge in [-0.3, -0.25) is 0 Å². The molecule has 2 heterocycles. The Hall–Kier alpha value is -1.84. The van der Waals surface area contributed by atoms with Gasteiger partial charge in [-0.25, -0.2) is 4.98 Å². The molecule has 3 rings (SSSR count). The van der Waals surface area contributed by atoms with Crippen LogP contribution in [0.25, 0.3) is 16.8 Å². The molecule has 0 radical (unpaired) electrons. The van der Waals surface area contributed by atoms with Crippen LogP contribution in [0, 0.1) is 5.41 Å². The average Bonchev–Trinajstić information content (AvgIpc) is 2.84. The number of nitrogens with one attached hydrogen (secondary N) is 1. The van der Waals surface area contributed by atoms with Gasteiger partial charge in [0, 0.05) is 51.5 Å². The molecule has 0 unspecified atom stereocenters. The molecule has 0 saturated carbocycles. The van der Waals surface area contributed by atoms with Gasteiger partial charge in [0.25, 0.3) is 0 Å². The summed E-state index contributed by atoms with van der Waals surface area (Å²) in [6.45, 7) is 0. The van der Waals surface area contributed by atoms with Crippen molar-refractivity contribution in [2.45, 2.75) is 0 Å². The highest BCUT2D eigenvalue weighted by atomic mass is 35.5. The van der Waals surface area contributed by atoms with Crippen molar-refractivity contribution in [2.75, 3.05) is 0 Å². The first-order valence-corrected chi connectivity index (χ1v) is 6.37. The van der Waals surface area contributed by atoms with Crippen molar-refractivity contribution >= 4 is 35.1 Å². The molecule has 19 heavy (non-hydrogen) atoms. The summed E-state index contributed by atoms with van der Waals surface area (Å²) in [7, 11) is 0. The second-order valence-electron chi connectivity index (χ2n) is 4.10. The number of imidazole rings is 1. The minimum absolute atomic E-state index is 0.565. The Morgan fingerprint density at radius 2 is 2.00 bits per heavy atom. The third-order valence-corrected chi connectivity index (χ3v) is 3.49. The number of aromatic nitrogens is 2. The molecule has 0 bridgehead atoms. The number of hydrogen-bond donors (Lipinski definition) is 1. The van der Waals surface area contributed by atoms with Crippen molar-refractivity contribution in [3.8, 4) is 11.1 Å². The molecule has 0 aliphatic heterocycles.